The fourth-order valence-corrected chi connectivity index (χ4v) is 4.30. The Morgan fingerprint density at radius 3 is 2.85 bits per heavy atom. The Bertz CT molecular complexity index is 1090. The van der Waals surface area contributed by atoms with E-state index in [-0.39, 0.29) is 11.9 Å². The quantitative estimate of drug-likeness (QED) is 0.564. The van der Waals surface area contributed by atoms with Crippen molar-refractivity contribution in [3.8, 4) is 11.8 Å². The normalized spacial score (nSPS) is 17.9. The molecule has 0 N–H and O–H groups in total. The first-order chi connectivity index (χ1) is 16.5. The predicted octanol–water partition coefficient (Wildman–Crippen LogP) is 3.52. The van der Waals surface area contributed by atoms with Crippen LogP contribution in [-0.4, -0.2) is 60.2 Å². The molecule has 2 fully saturated rings. The van der Waals surface area contributed by atoms with Gasteiger partial charge in [-0.15, -0.1) is 0 Å². The maximum atomic E-state index is 12.5. The van der Waals surface area contributed by atoms with Crippen molar-refractivity contribution in [2.75, 3.05) is 38.3 Å². The van der Waals surface area contributed by atoms with Crippen molar-refractivity contribution in [3.05, 3.63) is 53.5 Å². The summed E-state index contributed by atoms with van der Waals surface area (Å²) in [5, 5.41) is 9.91. The number of piperazine rings is 1. The molecule has 3 heterocycles. The Labute approximate surface area is 200 Å². The van der Waals surface area contributed by atoms with Gasteiger partial charge in [0, 0.05) is 51.0 Å². The van der Waals surface area contributed by atoms with Gasteiger partial charge in [0.15, 0.2) is 0 Å². The highest BCUT2D eigenvalue weighted by atomic mass is 16.5. The van der Waals surface area contributed by atoms with Gasteiger partial charge in [-0.25, -0.2) is 4.98 Å². The van der Waals surface area contributed by atoms with Gasteiger partial charge in [-0.1, -0.05) is 6.58 Å². The van der Waals surface area contributed by atoms with Crippen LogP contribution < -0.4 is 9.64 Å². The third kappa shape index (κ3) is 5.37. The summed E-state index contributed by atoms with van der Waals surface area (Å²) in [7, 11) is 1.60. The molecule has 1 aliphatic carbocycles. The number of rotatable bonds is 9. The predicted molar refractivity (Wildman–Crippen MR) is 129 cm³/mol. The lowest BCUT2D eigenvalue weighted by molar-refractivity contribution is -0.134. The van der Waals surface area contributed by atoms with Gasteiger partial charge in [-0.05, 0) is 43.5 Å². The molecular formula is C26H31N5O3. The topological polar surface area (TPSA) is 91.6 Å². The Morgan fingerprint density at radius 2 is 2.18 bits per heavy atom. The lowest BCUT2D eigenvalue weighted by Crippen LogP contribution is -2.54. The second kappa shape index (κ2) is 10.7. The molecule has 8 nitrogen and oxygen atoms in total. The number of ether oxygens (including phenoxy) is 2. The molecule has 2 aromatic rings. The first kappa shape index (κ1) is 23.7. The van der Waals surface area contributed by atoms with Crippen molar-refractivity contribution in [3.63, 3.8) is 0 Å². The van der Waals surface area contributed by atoms with Crippen LogP contribution in [0.15, 0.2) is 31.0 Å². The molecule has 8 heteroatoms. The van der Waals surface area contributed by atoms with E-state index in [9.17, 15) is 10.1 Å². The summed E-state index contributed by atoms with van der Waals surface area (Å²) in [5.74, 6) is 1.81. The minimum Gasteiger partial charge on any atom is -0.487 e. The molecule has 1 atom stereocenters. The zero-order valence-electron chi connectivity index (χ0n) is 19.9. The van der Waals surface area contributed by atoms with Gasteiger partial charge >= 0.3 is 0 Å². The molecule has 1 amide bonds. The number of pyridine rings is 2. The summed E-state index contributed by atoms with van der Waals surface area (Å²) in [5.41, 5.74) is 3.19. The molecule has 4 rings (SSSR count). The summed E-state index contributed by atoms with van der Waals surface area (Å²) in [6, 6.07) is 8.00. The van der Waals surface area contributed by atoms with E-state index in [2.05, 4.69) is 22.5 Å². The van der Waals surface area contributed by atoms with Crippen molar-refractivity contribution in [1.82, 2.24) is 14.9 Å². The highest BCUT2D eigenvalue weighted by Crippen LogP contribution is 2.45. The fraction of sp³-hybridized carbons (Fsp3) is 0.462. The van der Waals surface area contributed by atoms with E-state index in [1.807, 2.05) is 30.0 Å². The number of nitriles is 1. The maximum Gasteiger partial charge on any atom is 0.225 e. The summed E-state index contributed by atoms with van der Waals surface area (Å²) >= 11 is 0. The Balaban J connectivity index is 1.53. The number of hydrogen-bond acceptors (Lipinski definition) is 7. The largest absolute Gasteiger partial charge is 0.487 e. The maximum absolute atomic E-state index is 12.5. The Kier molecular flexibility index (Phi) is 7.43. The van der Waals surface area contributed by atoms with Crippen LogP contribution in [0.1, 0.15) is 54.6 Å². The standard InChI is InChI=1S/C26H31N5O3/c1-4-22-13-19(7-9-28-22)17-34-23-14-21(15-27)26(29-25(23)20-5-6-20)30-10-11-31(18(2)16-30)24(32)8-12-33-3/h4,7,9,13-14,18,20H,1,5-6,8,10-12,16-17H2,2-3H3. The third-order valence-corrected chi connectivity index (χ3v) is 6.30. The van der Waals surface area contributed by atoms with Gasteiger partial charge in [0.1, 0.15) is 24.2 Å². The second-order valence-corrected chi connectivity index (χ2v) is 8.84. The van der Waals surface area contributed by atoms with Crippen molar-refractivity contribution >= 4 is 17.8 Å². The average molecular weight is 462 g/mol. The molecule has 0 radical (unpaired) electrons. The van der Waals surface area contributed by atoms with Gasteiger partial charge in [0.2, 0.25) is 5.91 Å². The molecule has 2 aliphatic rings. The molecule has 0 spiro atoms. The van der Waals surface area contributed by atoms with Crippen LogP contribution in [0.25, 0.3) is 6.08 Å². The molecule has 1 aliphatic heterocycles. The monoisotopic (exact) mass is 461 g/mol. The van der Waals surface area contributed by atoms with E-state index in [4.69, 9.17) is 14.5 Å². The molecule has 0 aromatic carbocycles. The van der Waals surface area contributed by atoms with Crippen LogP contribution in [0.5, 0.6) is 5.75 Å². The van der Waals surface area contributed by atoms with Gasteiger partial charge in [0.05, 0.1) is 30.0 Å². The lowest BCUT2D eigenvalue weighted by atomic mass is 10.1. The summed E-state index contributed by atoms with van der Waals surface area (Å²) in [6.07, 6.45) is 5.97. The fourth-order valence-electron chi connectivity index (χ4n) is 4.30. The Morgan fingerprint density at radius 1 is 1.35 bits per heavy atom. The molecule has 1 saturated carbocycles. The number of carbonyl (C=O) groups is 1. The van der Waals surface area contributed by atoms with E-state index >= 15 is 0 Å². The number of carbonyl (C=O) groups excluding carboxylic acids is 1. The van der Waals surface area contributed by atoms with Crippen LogP contribution in [0.4, 0.5) is 5.82 Å². The Hall–Kier alpha value is -3.44. The van der Waals surface area contributed by atoms with Gasteiger partial charge in [-0.3, -0.25) is 9.78 Å². The minimum absolute atomic E-state index is 0.0255. The molecular weight excluding hydrogens is 430 g/mol. The SMILES string of the molecule is C=Cc1cc(COc2cc(C#N)c(N3CCN(C(=O)CCOC)C(C)C3)nc2C2CC2)ccn1. The molecule has 0 bridgehead atoms. The van der Waals surface area contributed by atoms with Crippen molar-refractivity contribution < 1.29 is 14.3 Å². The van der Waals surface area contributed by atoms with Crippen LogP contribution in [0, 0.1) is 11.3 Å². The van der Waals surface area contributed by atoms with Crippen LogP contribution in [0.2, 0.25) is 0 Å². The summed E-state index contributed by atoms with van der Waals surface area (Å²) in [6.45, 7) is 8.46. The number of aromatic nitrogens is 2. The number of anilines is 1. The summed E-state index contributed by atoms with van der Waals surface area (Å²) in [4.78, 5) is 25.7. The van der Waals surface area contributed by atoms with Crippen molar-refractivity contribution in [1.29, 1.82) is 5.26 Å². The first-order valence-electron chi connectivity index (χ1n) is 11.7. The van der Waals surface area contributed by atoms with Crippen molar-refractivity contribution in [2.24, 2.45) is 0 Å². The van der Waals surface area contributed by atoms with Gasteiger partial charge in [0.25, 0.3) is 0 Å². The van der Waals surface area contributed by atoms with E-state index in [0.717, 1.165) is 29.8 Å². The number of methoxy groups -OCH3 is 1. The lowest BCUT2D eigenvalue weighted by Gasteiger charge is -2.40. The first-order valence-corrected chi connectivity index (χ1v) is 11.7. The van der Waals surface area contributed by atoms with E-state index in [1.54, 1.807) is 19.4 Å². The minimum atomic E-state index is 0.0255. The molecule has 1 saturated heterocycles. The van der Waals surface area contributed by atoms with Gasteiger partial charge < -0.3 is 19.3 Å². The molecule has 34 heavy (non-hydrogen) atoms. The van der Waals surface area contributed by atoms with Crippen LogP contribution in [0.3, 0.4) is 0 Å². The summed E-state index contributed by atoms with van der Waals surface area (Å²) < 4.78 is 11.2. The highest BCUT2D eigenvalue weighted by Gasteiger charge is 2.33. The average Bonchev–Trinajstić information content (AvgIpc) is 3.71. The molecule has 1 unspecified atom stereocenters. The van der Waals surface area contributed by atoms with Crippen LogP contribution >= 0.6 is 0 Å². The van der Waals surface area contributed by atoms with E-state index in [0.29, 0.717) is 62.3 Å². The smallest absolute Gasteiger partial charge is 0.225 e. The molecule has 2 aromatic heterocycles. The number of nitrogens with zero attached hydrogens (tertiary/aromatic N) is 5. The van der Waals surface area contributed by atoms with E-state index < -0.39 is 0 Å². The number of amides is 1. The second-order valence-electron chi connectivity index (χ2n) is 8.84. The number of hydrogen-bond donors (Lipinski definition) is 0. The van der Waals surface area contributed by atoms with Gasteiger partial charge in [-0.2, -0.15) is 5.26 Å². The van der Waals surface area contributed by atoms with Crippen molar-refractivity contribution in [2.45, 2.75) is 44.8 Å². The third-order valence-electron chi connectivity index (χ3n) is 6.30. The van der Waals surface area contributed by atoms with E-state index in [1.165, 1.54) is 0 Å². The van der Waals surface area contributed by atoms with Crippen LogP contribution in [-0.2, 0) is 16.1 Å². The zero-order chi connectivity index (χ0) is 24.1. The zero-order valence-corrected chi connectivity index (χ0v) is 19.9. The highest BCUT2D eigenvalue weighted by molar-refractivity contribution is 5.77. The molecule has 178 valence electrons.